The Kier molecular flexibility index (Phi) is 10.7. The van der Waals surface area contributed by atoms with Gasteiger partial charge in [-0.15, -0.1) is 0 Å². The molecule has 0 saturated carbocycles. The maximum atomic E-state index is 13.9. The molecular formula is C30H36FN3O5S. The van der Waals surface area contributed by atoms with E-state index in [9.17, 15) is 22.4 Å². The third-order valence-corrected chi connectivity index (χ3v) is 8.30. The Bertz CT molecular complexity index is 1380. The lowest BCUT2D eigenvalue weighted by Crippen LogP contribution is -2.51. The molecule has 214 valence electrons. The summed E-state index contributed by atoms with van der Waals surface area (Å²) in [6.07, 6.45) is 1.69. The van der Waals surface area contributed by atoms with Gasteiger partial charge in [0.15, 0.2) is 0 Å². The Hall–Kier alpha value is -3.92. The normalized spacial score (nSPS) is 11.9. The van der Waals surface area contributed by atoms with Crippen molar-refractivity contribution in [1.82, 2.24) is 10.2 Å². The molecule has 3 rings (SSSR count). The van der Waals surface area contributed by atoms with Crippen LogP contribution in [0, 0.1) is 12.7 Å². The van der Waals surface area contributed by atoms with Crippen LogP contribution in [0.1, 0.15) is 37.8 Å². The van der Waals surface area contributed by atoms with Gasteiger partial charge in [-0.1, -0.05) is 43.2 Å². The lowest BCUT2D eigenvalue weighted by atomic mass is 10.1. The minimum atomic E-state index is -4.26. The minimum Gasteiger partial charge on any atom is -0.497 e. The molecule has 3 aromatic rings. The van der Waals surface area contributed by atoms with E-state index in [-0.39, 0.29) is 23.0 Å². The zero-order valence-corrected chi connectivity index (χ0v) is 24.1. The van der Waals surface area contributed by atoms with E-state index < -0.39 is 34.3 Å². The quantitative estimate of drug-likeness (QED) is 0.302. The number of amides is 2. The number of halogens is 1. The van der Waals surface area contributed by atoms with Crippen LogP contribution >= 0.6 is 0 Å². The zero-order chi connectivity index (χ0) is 29.3. The number of methoxy groups -OCH3 is 1. The average Bonchev–Trinajstić information content (AvgIpc) is 2.95. The van der Waals surface area contributed by atoms with Crippen molar-refractivity contribution in [2.45, 2.75) is 51.1 Å². The SMILES string of the molecule is CCCCNC(=O)[C@@H](C)N(Cc1ccc(C)cc1)C(=O)CN(c1ccc(F)cc1)S(=O)(=O)c1ccc(OC)cc1. The predicted molar refractivity (Wildman–Crippen MR) is 153 cm³/mol. The summed E-state index contributed by atoms with van der Waals surface area (Å²) in [6.45, 7) is 5.55. The van der Waals surface area contributed by atoms with Crippen LogP contribution in [0.25, 0.3) is 0 Å². The van der Waals surface area contributed by atoms with Crippen molar-refractivity contribution in [3.63, 3.8) is 0 Å². The number of sulfonamides is 1. The molecule has 0 saturated heterocycles. The summed E-state index contributed by atoms with van der Waals surface area (Å²) in [6, 6.07) is 17.3. The number of nitrogens with one attached hydrogen (secondary N) is 1. The smallest absolute Gasteiger partial charge is 0.264 e. The van der Waals surface area contributed by atoms with E-state index in [1.165, 1.54) is 48.4 Å². The third kappa shape index (κ3) is 7.81. The Balaban J connectivity index is 1.99. The van der Waals surface area contributed by atoms with Gasteiger partial charge in [0.25, 0.3) is 10.0 Å². The summed E-state index contributed by atoms with van der Waals surface area (Å²) < 4.78 is 47.4. The van der Waals surface area contributed by atoms with E-state index >= 15 is 0 Å². The first-order valence-corrected chi connectivity index (χ1v) is 14.6. The van der Waals surface area contributed by atoms with Crippen molar-refractivity contribution in [3.8, 4) is 5.75 Å². The first-order chi connectivity index (χ1) is 19.1. The Labute approximate surface area is 235 Å². The molecule has 0 aliphatic carbocycles. The van der Waals surface area contributed by atoms with E-state index in [2.05, 4.69) is 5.32 Å². The van der Waals surface area contributed by atoms with Crippen LogP contribution in [0.3, 0.4) is 0 Å². The van der Waals surface area contributed by atoms with Crippen LogP contribution in [0.15, 0.2) is 77.7 Å². The molecule has 2 amide bonds. The molecule has 1 atom stereocenters. The number of hydrogen-bond donors (Lipinski definition) is 1. The zero-order valence-electron chi connectivity index (χ0n) is 23.3. The van der Waals surface area contributed by atoms with Crippen LogP contribution in [-0.2, 0) is 26.2 Å². The van der Waals surface area contributed by atoms with E-state index in [0.717, 1.165) is 40.4 Å². The standard InChI is InChI=1S/C30H36FN3O5S/c1-5-6-19-32-30(36)23(3)33(20-24-9-7-22(2)8-10-24)29(35)21-34(26-13-11-25(31)12-14-26)40(37,38)28-17-15-27(39-4)16-18-28/h7-18,23H,5-6,19-21H2,1-4H3,(H,32,36)/t23-/m1/s1. The molecule has 0 spiro atoms. The van der Waals surface area contributed by atoms with E-state index in [1.807, 2.05) is 38.1 Å². The van der Waals surface area contributed by atoms with Gasteiger partial charge in [-0.2, -0.15) is 0 Å². The van der Waals surface area contributed by atoms with Crippen LogP contribution in [-0.4, -0.2) is 51.4 Å². The average molecular weight is 570 g/mol. The summed E-state index contributed by atoms with van der Waals surface area (Å²) in [5.74, 6) is -0.994. The predicted octanol–water partition coefficient (Wildman–Crippen LogP) is 4.67. The summed E-state index contributed by atoms with van der Waals surface area (Å²) >= 11 is 0. The van der Waals surface area contributed by atoms with E-state index in [1.54, 1.807) is 6.92 Å². The van der Waals surface area contributed by atoms with Gasteiger partial charge in [-0.25, -0.2) is 12.8 Å². The highest BCUT2D eigenvalue weighted by molar-refractivity contribution is 7.92. The summed E-state index contributed by atoms with van der Waals surface area (Å²) in [5, 5.41) is 2.85. The van der Waals surface area contributed by atoms with Crippen molar-refractivity contribution >= 4 is 27.5 Å². The number of anilines is 1. The number of benzene rings is 3. The second-order valence-electron chi connectivity index (χ2n) is 9.49. The molecule has 0 bridgehead atoms. The molecule has 40 heavy (non-hydrogen) atoms. The van der Waals surface area contributed by atoms with Crippen molar-refractivity contribution in [1.29, 1.82) is 0 Å². The van der Waals surface area contributed by atoms with Crippen molar-refractivity contribution in [2.24, 2.45) is 0 Å². The van der Waals surface area contributed by atoms with Crippen molar-refractivity contribution < 1.29 is 27.1 Å². The molecule has 0 aliphatic heterocycles. The number of rotatable bonds is 13. The highest BCUT2D eigenvalue weighted by Crippen LogP contribution is 2.26. The molecule has 0 aliphatic rings. The maximum Gasteiger partial charge on any atom is 0.264 e. The van der Waals surface area contributed by atoms with Gasteiger partial charge in [0.2, 0.25) is 11.8 Å². The minimum absolute atomic E-state index is 0.0686. The highest BCUT2D eigenvalue weighted by Gasteiger charge is 2.32. The van der Waals surface area contributed by atoms with E-state index in [0.29, 0.717) is 12.3 Å². The fourth-order valence-corrected chi connectivity index (χ4v) is 5.43. The Morgan fingerprint density at radius 1 is 0.975 bits per heavy atom. The molecule has 0 heterocycles. The molecule has 0 unspecified atom stereocenters. The largest absolute Gasteiger partial charge is 0.497 e. The van der Waals surface area contributed by atoms with Gasteiger partial charge in [0, 0.05) is 13.1 Å². The summed E-state index contributed by atoms with van der Waals surface area (Å²) in [5.41, 5.74) is 1.94. The topological polar surface area (TPSA) is 96.0 Å². The van der Waals surface area contributed by atoms with Crippen LogP contribution in [0.2, 0.25) is 0 Å². The lowest BCUT2D eigenvalue weighted by molar-refractivity contribution is -0.139. The van der Waals surface area contributed by atoms with E-state index in [4.69, 9.17) is 4.74 Å². The van der Waals surface area contributed by atoms with Gasteiger partial charge in [-0.05, 0) is 74.4 Å². The molecule has 0 radical (unpaired) electrons. The molecule has 0 fully saturated rings. The molecule has 3 aromatic carbocycles. The fourth-order valence-electron chi connectivity index (χ4n) is 4.02. The molecule has 0 aromatic heterocycles. The number of aryl methyl sites for hydroxylation is 1. The third-order valence-electron chi connectivity index (χ3n) is 6.51. The molecular weight excluding hydrogens is 533 g/mol. The van der Waals surface area contributed by atoms with Gasteiger partial charge in [-0.3, -0.25) is 13.9 Å². The number of ether oxygens (including phenoxy) is 1. The number of hydrogen-bond acceptors (Lipinski definition) is 5. The first kappa shape index (κ1) is 30.6. The van der Waals surface area contributed by atoms with Gasteiger partial charge < -0.3 is 15.0 Å². The van der Waals surface area contributed by atoms with Crippen molar-refractivity contribution in [3.05, 3.63) is 89.7 Å². The monoisotopic (exact) mass is 569 g/mol. The summed E-state index contributed by atoms with van der Waals surface area (Å²) in [4.78, 5) is 28.2. The van der Waals surface area contributed by atoms with Crippen LogP contribution in [0.5, 0.6) is 5.75 Å². The van der Waals surface area contributed by atoms with Crippen LogP contribution < -0.4 is 14.4 Å². The van der Waals surface area contributed by atoms with Crippen molar-refractivity contribution in [2.75, 3.05) is 24.5 Å². The number of nitrogens with zero attached hydrogens (tertiary/aromatic N) is 2. The fraction of sp³-hybridized carbons (Fsp3) is 0.333. The second kappa shape index (κ2) is 13.9. The van der Waals surface area contributed by atoms with Gasteiger partial charge in [0.05, 0.1) is 17.7 Å². The van der Waals surface area contributed by atoms with Crippen LogP contribution in [0.4, 0.5) is 10.1 Å². The Morgan fingerprint density at radius 2 is 1.60 bits per heavy atom. The number of carbonyl (C=O) groups excluding carboxylic acids is 2. The second-order valence-corrected chi connectivity index (χ2v) is 11.4. The maximum absolute atomic E-state index is 13.9. The first-order valence-electron chi connectivity index (χ1n) is 13.1. The lowest BCUT2D eigenvalue weighted by Gasteiger charge is -2.32. The summed E-state index contributed by atoms with van der Waals surface area (Å²) in [7, 11) is -2.79. The number of carbonyl (C=O) groups is 2. The number of unbranched alkanes of at least 4 members (excludes halogenated alkanes) is 1. The van der Waals surface area contributed by atoms with Gasteiger partial charge in [0.1, 0.15) is 24.2 Å². The molecule has 1 N–H and O–H groups in total. The highest BCUT2D eigenvalue weighted by atomic mass is 32.2. The Morgan fingerprint density at radius 3 is 2.17 bits per heavy atom. The molecule has 8 nitrogen and oxygen atoms in total. The molecule has 10 heteroatoms. The van der Waals surface area contributed by atoms with Gasteiger partial charge >= 0.3 is 0 Å².